The number of nitrogens with one attached hydrogen (secondary N) is 1. The maximum Gasteiger partial charge on any atom is 0.414 e. The molecule has 1 aliphatic heterocycles. The Balaban J connectivity index is 1.55. The average Bonchev–Trinajstić information content (AvgIpc) is 3.39. The third-order valence-corrected chi connectivity index (χ3v) is 4.92. The summed E-state index contributed by atoms with van der Waals surface area (Å²) in [5.74, 6) is -1.92. The van der Waals surface area contributed by atoms with E-state index in [2.05, 4.69) is 15.3 Å². The van der Waals surface area contributed by atoms with Crippen LogP contribution in [0, 0.1) is 11.6 Å². The standard InChI is InChI=1S/C21H17F4N5O3/c1-11(31)26-7-14-8-30(21(32)33-14)13-4-15(22)19(16(23)5-13)12-2-3-18(27-6-12)29-9-17(20(24)25)28-10-29/h2-6,9-10,14,20H,7-8H2,1H3,(H,26,31)/t14-/m0/s1. The molecule has 8 nitrogen and oxygen atoms in total. The van der Waals surface area contributed by atoms with Gasteiger partial charge in [-0.3, -0.25) is 14.3 Å². The fraction of sp³-hybridized carbons (Fsp3) is 0.238. The van der Waals surface area contributed by atoms with Gasteiger partial charge in [-0.15, -0.1) is 0 Å². The zero-order valence-electron chi connectivity index (χ0n) is 17.1. The molecule has 2 aromatic heterocycles. The van der Waals surface area contributed by atoms with E-state index in [0.717, 1.165) is 29.6 Å². The monoisotopic (exact) mass is 463 g/mol. The van der Waals surface area contributed by atoms with E-state index in [-0.39, 0.29) is 41.6 Å². The number of aromatic nitrogens is 3. The van der Waals surface area contributed by atoms with Crippen LogP contribution in [0.15, 0.2) is 43.0 Å². The molecule has 1 atom stereocenters. The molecule has 172 valence electrons. The number of anilines is 1. The predicted octanol–water partition coefficient (Wildman–Crippen LogP) is 3.61. The number of hydrogen-bond donors (Lipinski definition) is 1. The highest BCUT2D eigenvalue weighted by atomic mass is 19.3. The fourth-order valence-corrected chi connectivity index (χ4v) is 3.35. The van der Waals surface area contributed by atoms with Gasteiger partial charge in [-0.05, 0) is 24.3 Å². The van der Waals surface area contributed by atoms with Crippen molar-refractivity contribution in [1.29, 1.82) is 0 Å². The molecule has 1 N–H and O–H groups in total. The number of carbonyl (C=O) groups excluding carboxylic acids is 2. The molecule has 0 saturated carbocycles. The van der Waals surface area contributed by atoms with Gasteiger partial charge in [0, 0.05) is 24.9 Å². The molecule has 12 heteroatoms. The number of alkyl halides is 2. The van der Waals surface area contributed by atoms with E-state index < -0.39 is 36.0 Å². The molecular formula is C21H17F4N5O3. The van der Waals surface area contributed by atoms with E-state index in [9.17, 15) is 27.2 Å². The lowest BCUT2D eigenvalue weighted by Crippen LogP contribution is -2.33. The van der Waals surface area contributed by atoms with Crippen molar-refractivity contribution < 1.29 is 31.9 Å². The molecular weight excluding hydrogens is 446 g/mol. The minimum atomic E-state index is -2.74. The van der Waals surface area contributed by atoms with Crippen molar-refractivity contribution in [2.75, 3.05) is 18.0 Å². The van der Waals surface area contributed by atoms with Crippen molar-refractivity contribution in [2.24, 2.45) is 0 Å². The molecule has 3 heterocycles. The molecule has 2 amide bonds. The second-order valence-electron chi connectivity index (χ2n) is 7.25. The first-order chi connectivity index (χ1) is 15.7. The van der Waals surface area contributed by atoms with Gasteiger partial charge >= 0.3 is 6.09 Å². The quantitative estimate of drug-likeness (QED) is 0.565. The molecule has 1 fully saturated rings. The molecule has 0 bridgehead atoms. The van der Waals surface area contributed by atoms with Crippen LogP contribution in [-0.4, -0.2) is 45.7 Å². The Labute approximate surface area is 184 Å². The lowest BCUT2D eigenvalue weighted by atomic mass is 10.1. The van der Waals surface area contributed by atoms with E-state index in [1.165, 1.54) is 29.8 Å². The van der Waals surface area contributed by atoms with Gasteiger partial charge in [-0.1, -0.05) is 0 Å². The number of nitrogens with zero attached hydrogens (tertiary/aromatic N) is 4. The Bertz CT molecular complexity index is 1180. The second kappa shape index (κ2) is 8.88. The van der Waals surface area contributed by atoms with Gasteiger partial charge in [0.15, 0.2) is 0 Å². The third kappa shape index (κ3) is 4.64. The number of cyclic esters (lactones) is 1. The Morgan fingerprint density at radius 2 is 1.97 bits per heavy atom. The van der Waals surface area contributed by atoms with Crippen LogP contribution in [-0.2, 0) is 9.53 Å². The number of hydrogen-bond acceptors (Lipinski definition) is 5. The highest BCUT2D eigenvalue weighted by Crippen LogP contribution is 2.32. The van der Waals surface area contributed by atoms with Crippen LogP contribution < -0.4 is 10.2 Å². The number of pyridine rings is 1. The van der Waals surface area contributed by atoms with Gasteiger partial charge in [-0.2, -0.15) is 0 Å². The molecule has 0 unspecified atom stereocenters. The van der Waals surface area contributed by atoms with Crippen molar-refractivity contribution in [2.45, 2.75) is 19.5 Å². The molecule has 4 rings (SSSR count). The van der Waals surface area contributed by atoms with Crippen molar-refractivity contribution >= 4 is 17.7 Å². The summed E-state index contributed by atoms with van der Waals surface area (Å²) in [5, 5.41) is 2.52. The number of carbonyl (C=O) groups is 2. The first-order valence-corrected chi connectivity index (χ1v) is 9.73. The maximum atomic E-state index is 14.8. The van der Waals surface area contributed by atoms with Gasteiger partial charge in [0.2, 0.25) is 5.91 Å². The van der Waals surface area contributed by atoms with Crippen LogP contribution in [0.4, 0.5) is 28.0 Å². The van der Waals surface area contributed by atoms with Crippen LogP contribution >= 0.6 is 0 Å². The normalized spacial score (nSPS) is 15.8. The van der Waals surface area contributed by atoms with Crippen LogP contribution in [0.3, 0.4) is 0 Å². The number of ether oxygens (including phenoxy) is 1. The Hall–Kier alpha value is -3.96. The van der Waals surface area contributed by atoms with Crippen LogP contribution in [0.1, 0.15) is 19.0 Å². The molecule has 0 spiro atoms. The van der Waals surface area contributed by atoms with E-state index in [1.807, 2.05) is 0 Å². The zero-order chi connectivity index (χ0) is 23.7. The summed E-state index contributed by atoms with van der Waals surface area (Å²) in [6, 6.07) is 4.79. The molecule has 1 aromatic carbocycles. The van der Waals surface area contributed by atoms with Gasteiger partial charge in [0.25, 0.3) is 6.43 Å². The smallest absolute Gasteiger partial charge is 0.414 e. The van der Waals surface area contributed by atoms with E-state index >= 15 is 0 Å². The third-order valence-electron chi connectivity index (χ3n) is 4.92. The SMILES string of the molecule is CC(=O)NC[C@H]1CN(c2cc(F)c(-c3ccc(-n4cnc(C(F)F)c4)nc3)c(F)c2)C(=O)O1. The first kappa shape index (κ1) is 22.2. The maximum absolute atomic E-state index is 14.8. The number of imidazole rings is 1. The lowest BCUT2D eigenvalue weighted by Gasteiger charge is -2.15. The van der Waals surface area contributed by atoms with Crippen LogP contribution in [0.5, 0.6) is 0 Å². The molecule has 3 aromatic rings. The summed E-state index contributed by atoms with van der Waals surface area (Å²) in [6.45, 7) is 1.41. The van der Waals surface area contributed by atoms with Gasteiger partial charge in [0.05, 0.1) is 24.3 Å². The van der Waals surface area contributed by atoms with Crippen LogP contribution in [0.25, 0.3) is 16.9 Å². The van der Waals surface area contributed by atoms with Crippen molar-refractivity contribution in [3.8, 4) is 16.9 Å². The fourth-order valence-electron chi connectivity index (χ4n) is 3.35. The highest BCUT2D eigenvalue weighted by Gasteiger charge is 2.33. The Kier molecular flexibility index (Phi) is 5.99. The molecule has 1 saturated heterocycles. The number of amides is 2. The molecule has 0 aliphatic carbocycles. The minimum Gasteiger partial charge on any atom is -0.442 e. The van der Waals surface area contributed by atoms with Gasteiger partial charge in [-0.25, -0.2) is 32.3 Å². The number of rotatable bonds is 6. The number of halogens is 4. The lowest BCUT2D eigenvalue weighted by molar-refractivity contribution is -0.119. The predicted molar refractivity (Wildman–Crippen MR) is 108 cm³/mol. The summed E-state index contributed by atoms with van der Waals surface area (Å²) in [4.78, 5) is 31.8. The molecule has 0 radical (unpaired) electrons. The van der Waals surface area contributed by atoms with Gasteiger partial charge < -0.3 is 10.1 Å². The summed E-state index contributed by atoms with van der Waals surface area (Å²) in [5.41, 5.74) is -0.707. The van der Waals surface area contributed by atoms with Gasteiger partial charge in [0.1, 0.15) is 35.6 Å². The van der Waals surface area contributed by atoms with Crippen molar-refractivity contribution in [1.82, 2.24) is 19.9 Å². The highest BCUT2D eigenvalue weighted by molar-refractivity contribution is 5.90. The molecule has 33 heavy (non-hydrogen) atoms. The first-order valence-electron chi connectivity index (χ1n) is 9.73. The van der Waals surface area contributed by atoms with Crippen molar-refractivity contribution in [3.05, 3.63) is 60.3 Å². The summed E-state index contributed by atoms with van der Waals surface area (Å²) >= 11 is 0. The second-order valence-corrected chi connectivity index (χ2v) is 7.25. The largest absolute Gasteiger partial charge is 0.442 e. The number of benzene rings is 1. The zero-order valence-corrected chi connectivity index (χ0v) is 17.1. The molecule has 1 aliphatic rings. The minimum absolute atomic E-state index is 0.0130. The van der Waals surface area contributed by atoms with E-state index in [4.69, 9.17) is 4.74 Å². The Morgan fingerprint density at radius 1 is 1.24 bits per heavy atom. The Morgan fingerprint density at radius 3 is 2.55 bits per heavy atom. The van der Waals surface area contributed by atoms with Crippen LogP contribution in [0.2, 0.25) is 0 Å². The van der Waals surface area contributed by atoms with E-state index in [0.29, 0.717) is 0 Å². The van der Waals surface area contributed by atoms with Crippen molar-refractivity contribution in [3.63, 3.8) is 0 Å². The summed E-state index contributed by atoms with van der Waals surface area (Å²) < 4.78 is 61.5. The summed E-state index contributed by atoms with van der Waals surface area (Å²) in [7, 11) is 0. The summed E-state index contributed by atoms with van der Waals surface area (Å²) in [6.07, 6.45) is -0.707. The topological polar surface area (TPSA) is 89.4 Å². The van der Waals surface area contributed by atoms with E-state index in [1.54, 1.807) is 0 Å². The average molecular weight is 463 g/mol.